The van der Waals surface area contributed by atoms with Crippen molar-refractivity contribution in [1.82, 2.24) is 0 Å². The van der Waals surface area contributed by atoms with Gasteiger partial charge in [0.25, 0.3) is 0 Å². The van der Waals surface area contributed by atoms with Crippen LogP contribution >= 0.6 is 11.3 Å². The lowest BCUT2D eigenvalue weighted by Crippen LogP contribution is -1.92. The van der Waals surface area contributed by atoms with Crippen molar-refractivity contribution >= 4 is 16.3 Å². The van der Waals surface area contributed by atoms with E-state index in [0.29, 0.717) is 6.61 Å². The summed E-state index contributed by atoms with van der Waals surface area (Å²) in [7, 11) is 0. The summed E-state index contributed by atoms with van der Waals surface area (Å²) in [6, 6.07) is 8.28. The number of benzene rings is 1. The maximum Gasteiger partial charge on any atom is 0.119 e. The zero-order chi connectivity index (χ0) is 12.5. The fourth-order valence-corrected chi connectivity index (χ4v) is 3.81. The molecule has 1 aromatic carbocycles. The van der Waals surface area contributed by atoms with Crippen LogP contribution in [0.5, 0.6) is 5.75 Å². The minimum atomic E-state index is 0.704. The smallest absolute Gasteiger partial charge is 0.119 e. The van der Waals surface area contributed by atoms with E-state index < -0.39 is 0 Å². The van der Waals surface area contributed by atoms with E-state index in [1.165, 1.54) is 40.8 Å². The summed E-state index contributed by atoms with van der Waals surface area (Å²) in [5.74, 6) is 0.923. The molecule has 3 heteroatoms. The molecular weight excluding hydrogens is 242 g/mol. The summed E-state index contributed by atoms with van der Waals surface area (Å²) in [5, 5.41) is 0.962. The highest BCUT2D eigenvalue weighted by molar-refractivity contribution is 7.16. The Morgan fingerprint density at radius 2 is 2.00 bits per heavy atom. The Bertz CT molecular complexity index is 557. The maximum atomic E-state index is 6.17. The van der Waals surface area contributed by atoms with Crippen molar-refractivity contribution in [2.75, 3.05) is 12.3 Å². The van der Waals surface area contributed by atoms with Crippen LogP contribution in [-0.2, 0) is 12.8 Å². The van der Waals surface area contributed by atoms with Gasteiger partial charge in [0, 0.05) is 10.4 Å². The van der Waals surface area contributed by atoms with E-state index in [1.54, 1.807) is 11.3 Å². The summed E-state index contributed by atoms with van der Waals surface area (Å²) in [5.41, 5.74) is 10.1. The Kier molecular flexibility index (Phi) is 3.00. The third-order valence-corrected chi connectivity index (χ3v) is 4.52. The van der Waals surface area contributed by atoms with Gasteiger partial charge in [-0.1, -0.05) is 12.1 Å². The Labute approximate surface area is 111 Å². The molecule has 3 rings (SSSR count). The van der Waals surface area contributed by atoms with Gasteiger partial charge in [-0.2, -0.15) is 0 Å². The molecule has 0 radical (unpaired) electrons. The van der Waals surface area contributed by atoms with Crippen molar-refractivity contribution in [1.29, 1.82) is 0 Å². The topological polar surface area (TPSA) is 35.2 Å². The van der Waals surface area contributed by atoms with Gasteiger partial charge in [0.1, 0.15) is 5.75 Å². The molecule has 0 fully saturated rings. The van der Waals surface area contributed by atoms with Gasteiger partial charge in [-0.05, 0) is 49.4 Å². The van der Waals surface area contributed by atoms with Crippen molar-refractivity contribution in [2.45, 2.75) is 26.2 Å². The van der Waals surface area contributed by atoms with Crippen LogP contribution in [0.15, 0.2) is 24.3 Å². The van der Waals surface area contributed by atoms with Crippen LogP contribution in [0.4, 0.5) is 5.00 Å². The molecule has 0 aliphatic heterocycles. The fourth-order valence-electron chi connectivity index (χ4n) is 2.63. The average Bonchev–Trinajstić information content (AvgIpc) is 2.91. The Morgan fingerprint density at radius 1 is 1.22 bits per heavy atom. The van der Waals surface area contributed by atoms with Crippen molar-refractivity contribution in [3.8, 4) is 16.9 Å². The van der Waals surface area contributed by atoms with Gasteiger partial charge < -0.3 is 10.5 Å². The molecule has 1 heterocycles. The van der Waals surface area contributed by atoms with Gasteiger partial charge in [0.05, 0.1) is 11.6 Å². The number of nitrogens with two attached hydrogens (primary N) is 1. The molecule has 0 atom stereocenters. The van der Waals surface area contributed by atoms with Gasteiger partial charge in [0.2, 0.25) is 0 Å². The standard InChI is InChI=1S/C15H17NOS/c1-2-17-11-8-6-10(7-9-11)14-12-4-3-5-13(12)18-15(14)16/h6-9H,2-5,16H2,1H3. The summed E-state index contributed by atoms with van der Waals surface area (Å²) >= 11 is 1.76. The van der Waals surface area contributed by atoms with Crippen molar-refractivity contribution < 1.29 is 4.74 Å². The first-order valence-corrected chi connectivity index (χ1v) is 7.24. The van der Waals surface area contributed by atoms with Crippen molar-refractivity contribution in [3.05, 3.63) is 34.7 Å². The largest absolute Gasteiger partial charge is 0.494 e. The van der Waals surface area contributed by atoms with Gasteiger partial charge >= 0.3 is 0 Å². The van der Waals surface area contributed by atoms with E-state index in [1.807, 2.05) is 19.1 Å². The van der Waals surface area contributed by atoms with E-state index in [2.05, 4.69) is 12.1 Å². The lowest BCUT2D eigenvalue weighted by molar-refractivity contribution is 0.340. The number of hydrogen-bond acceptors (Lipinski definition) is 3. The zero-order valence-corrected chi connectivity index (χ0v) is 11.3. The molecule has 1 aliphatic rings. The number of rotatable bonds is 3. The number of anilines is 1. The molecule has 2 aromatic rings. The minimum absolute atomic E-state index is 0.704. The van der Waals surface area contributed by atoms with Gasteiger partial charge in [-0.3, -0.25) is 0 Å². The Balaban J connectivity index is 1.99. The lowest BCUT2D eigenvalue weighted by Gasteiger charge is -2.06. The van der Waals surface area contributed by atoms with Crippen LogP contribution in [0.25, 0.3) is 11.1 Å². The highest BCUT2D eigenvalue weighted by atomic mass is 32.1. The van der Waals surface area contributed by atoms with E-state index in [9.17, 15) is 0 Å². The number of fused-ring (bicyclic) bond motifs is 1. The summed E-state index contributed by atoms with van der Waals surface area (Å²) in [4.78, 5) is 1.48. The summed E-state index contributed by atoms with van der Waals surface area (Å²) in [6.45, 7) is 2.70. The van der Waals surface area contributed by atoms with Gasteiger partial charge in [-0.25, -0.2) is 0 Å². The van der Waals surface area contributed by atoms with Crippen LogP contribution in [0.3, 0.4) is 0 Å². The van der Waals surface area contributed by atoms with Crippen LogP contribution in [0.1, 0.15) is 23.8 Å². The fraction of sp³-hybridized carbons (Fsp3) is 0.333. The molecule has 1 aromatic heterocycles. The highest BCUT2D eigenvalue weighted by Gasteiger charge is 2.21. The number of thiophene rings is 1. The molecular formula is C15H17NOS. The molecule has 94 valence electrons. The Hall–Kier alpha value is -1.48. The van der Waals surface area contributed by atoms with E-state index in [0.717, 1.165) is 10.8 Å². The molecule has 0 unspecified atom stereocenters. The molecule has 0 spiro atoms. The first-order valence-electron chi connectivity index (χ1n) is 6.43. The zero-order valence-electron chi connectivity index (χ0n) is 10.5. The van der Waals surface area contributed by atoms with E-state index >= 15 is 0 Å². The third-order valence-electron chi connectivity index (χ3n) is 3.40. The second kappa shape index (κ2) is 4.65. The monoisotopic (exact) mass is 259 g/mol. The van der Waals surface area contributed by atoms with Gasteiger partial charge in [0.15, 0.2) is 0 Å². The predicted octanol–water partition coefficient (Wildman–Crippen LogP) is 3.88. The molecule has 0 bridgehead atoms. The molecule has 2 N–H and O–H groups in total. The third kappa shape index (κ3) is 1.89. The number of hydrogen-bond donors (Lipinski definition) is 1. The molecule has 2 nitrogen and oxygen atoms in total. The predicted molar refractivity (Wildman–Crippen MR) is 77.4 cm³/mol. The average molecular weight is 259 g/mol. The molecule has 18 heavy (non-hydrogen) atoms. The van der Waals surface area contributed by atoms with Gasteiger partial charge in [-0.15, -0.1) is 11.3 Å². The van der Waals surface area contributed by atoms with E-state index in [4.69, 9.17) is 10.5 Å². The number of ether oxygens (including phenoxy) is 1. The minimum Gasteiger partial charge on any atom is -0.494 e. The van der Waals surface area contributed by atoms with Crippen LogP contribution < -0.4 is 10.5 Å². The van der Waals surface area contributed by atoms with E-state index in [-0.39, 0.29) is 0 Å². The SMILES string of the molecule is CCOc1ccc(-c2c(N)sc3c2CCC3)cc1. The highest BCUT2D eigenvalue weighted by Crippen LogP contribution is 2.43. The summed E-state index contributed by atoms with van der Waals surface area (Å²) < 4.78 is 5.47. The first-order chi connectivity index (χ1) is 8.79. The molecule has 0 saturated carbocycles. The maximum absolute atomic E-state index is 6.17. The van der Waals surface area contributed by atoms with Crippen molar-refractivity contribution in [3.63, 3.8) is 0 Å². The van der Waals surface area contributed by atoms with Crippen LogP contribution in [0, 0.1) is 0 Å². The quantitative estimate of drug-likeness (QED) is 0.907. The molecule has 0 saturated heterocycles. The number of aryl methyl sites for hydroxylation is 1. The second-order valence-electron chi connectivity index (χ2n) is 4.55. The van der Waals surface area contributed by atoms with Crippen molar-refractivity contribution in [2.24, 2.45) is 0 Å². The number of nitrogen functional groups attached to an aromatic ring is 1. The summed E-state index contributed by atoms with van der Waals surface area (Å²) in [6.07, 6.45) is 3.64. The Morgan fingerprint density at radius 3 is 2.72 bits per heavy atom. The lowest BCUT2D eigenvalue weighted by atomic mass is 10.0. The normalized spacial score (nSPS) is 13.6. The van der Waals surface area contributed by atoms with Crippen LogP contribution in [0.2, 0.25) is 0 Å². The van der Waals surface area contributed by atoms with Crippen LogP contribution in [-0.4, -0.2) is 6.61 Å². The molecule has 0 amide bonds. The second-order valence-corrected chi connectivity index (χ2v) is 5.69. The molecule has 1 aliphatic carbocycles. The first kappa shape index (κ1) is 11.6.